The van der Waals surface area contributed by atoms with E-state index in [1.807, 2.05) is 12.1 Å². The van der Waals surface area contributed by atoms with Crippen LogP contribution in [-0.2, 0) is 0 Å². The first-order valence-electron chi connectivity index (χ1n) is 6.42. The Kier molecular flexibility index (Phi) is 3.94. The number of rotatable bonds is 2. The van der Waals surface area contributed by atoms with Crippen molar-refractivity contribution in [2.75, 3.05) is 0 Å². The molecule has 0 spiro atoms. The molecular formula is C15H18ClNO. The molecule has 1 aromatic rings. The van der Waals surface area contributed by atoms with E-state index in [0.717, 1.165) is 31.2 Å². The van der Waals surface area contributed by atoms with Crippen LogP contribution in [0.4, 0.5) is 0 Å². The second kappa shape index (κ2) is 5.30. The summed E-state index contributed by atoms with van der Waals surface area (Å²) >= 11 is 5.95. The highest BCUT2D eigenvalue weighted by molar-refractivity contribution is 6.30. The molecule has 0 aliphatic heterocycles. The van der Waals surface area contributed by atoms with Crippen LogP contribution in [0.1, 0.15) is 44.3 Å². The summed E-state index contributed by atoms with van der Waals surface area (Å²) in [4.78, 5) is 0. The second-order valence-corrected chi connectivity index (χ2v) is 5.84. The molecule has 1 unspecified atom stereocenters. The molecule has 1 fully saturated rings. The molecule has 1 aliphatic rings. The molecule has 0 bridgehead atoms. The summed E-state index contributed by atoms with van der Waals surface area (Å²) in [6.07, 6.45) is 2.79. The van der Waals surface area contributed by atoms with Crippen LogP contribution in [0, 0.1) is 22.7 Å². The van der Waals surface area contributed by atoms with Gasteiger partial charge in [0.25, 0.3) is 0 Å². The van der Waals surface area contributed by atoms with Crippen LogP contribution in [-0.4, -0.2) is 5.11 Å². The number of benzene rings is 1. The van der Waals surface area contributed by atoms with Gasteiger partial charge in [0, 0.05) is 5.02 Å². The average Bonchev–Trinajstić information content (AvgIpc) is 2.39. The fraction of sp³-hybridized carbons (Fsp3) is 0.533. The molecule has 1 aliphatic carbocycles. The normalized spacial score (nSPS) is 29.6. The Morgan fingerprint density at radius 3 is 2.67 bits per heavy atom. The third-order valence-corrected chi connectivity index (χ3v) is 4.31. The van der Waals surface area contributed by atoms with Gasteiger partial charge in [-0.2, -0.15) is 5.26 Å². The first-order valence-corrected chi connectivity index (χ1v) is 6.80. The van der Waals surface area contributed by atoms with Gasteiger partial charge in [-0.1, -0.05) is 30.7 Å². The summed E-state index contributed by atoms with van der Waals surface area (Å²) < 4.78 is 0. The van der Waals surface area contributed by atoms with Crippen molar-refractivity contribution in [3.63, 3.8) is 0 Å². The first-order chi connectivity index (χ1) is 8.57. The third-order valence-electron chi connectivity index (χ3n) is 4.08. The summed E-state index contributed by atoms with van der Waals surface area (Å²) in [5, 5.41) is 20.6. The monoisotopic (exact) mass is 263 g/mol. The van der Waals surface area contributed by atoms with Crippen molar-refractivity contribution in [1.82, 2.24) is 0 Å². The van der Waals surface area contributed by atoms with E-state index in [9.17, 15) is 10.4 Å². The number of hydrogen-bond donors (Lipinski definition) is 1. The molecule has 96 valence electrons. The quantitative estimate of drug-likeness (QED) is 0.873. The molecule has 1 atom stereocenters. The topological polar surface area (TPSA) is 44.0 Å². The van der Waals surface area contributed by atoms with Crippen LogP contribution in [0.2, 0.25) is 5.02 Å². The van der Waals surface area contributed by atoms with Gasteiger partial charge in [0.15, 0.2) is 0 Å². The maximum Gasteiger partial charge on any atom is 0.0976 e. The third kappa shape index (κ3) is 2.53. The van der Waals surface area contributed by atoms with Gasteiger partial charge in [0.05, 0.1) is 17.6 Å². The largest absolute Gasteiger partial charge is 0.387 e. The number of nitrogens with zero attached hydrogens (tertiary/aromatic N) is 1. The predicted octanol–water partition coefficient (Wildman–Crippen LogP) is 4.09. The minimum absolute atomic E-state index is 0.601. The van der Waals surface area contributed by atoms with Gasteiger partial charge in [-0.25, -0.2) is 0 Å². The maximum atomic E-state index is 10.5. The van der Waals surface area contributed by atoms with Gasteiger partial charge >= 0.3 is 0 Å². The van der Waals surface area contributed by atoms with Crippen molar-refractivity contribution in [1.29, 1.82) is 5.26 Å². The number of halogens is 1. The van der Waals surface area contributed by atoms with E-state index in [-0.39, 0.29) is 0 Å². The minimum atomic E-state index is -0.742. The lowest BCUT2D eigenvalue weighted by Crippen LogP contribution is -2.32. The molecule has 2 rings (SSSR count). The van der Waals surface area contributed by atoms with Gasteiger partial charge in [-0.05, 0) is 49.3 Å². The molecule has 1 saturated carbocycles. The Morgan fingerprint density at radius 1 is 1.44 bits per heavy atom. The molecule has 0 saturated heterocycles. The zero-order valence-corrected chi connectivity index (χ0v) is 11.3. The summed E-state index contributed by atoms with van der Waals surface area (Å²) in [7, 11) is 0. The van der Waals surface area contributed by atoms with Crippen molar-refractivity contribution in [2.24, 2.45) is 11.3 Å². The Labute approximate surface area is 113 Å². The molecule has 3 heteroatoms. The van der Waals surface area contributed by atoms with Crippen LogP contribution >= 0.6 is 11.6 Å². The fourth-order valence-corrected chi connectivity index (χ4v) is 2.92. The molecule has 0 aromatic heterocycles. The molecule has 0 radical (unpaired) electrons. The fourth-order valence-electron chi connectivity index (χ4n) is 2.72. The zero-order chi connectivity index (χ0) is 13.2. The van der Waals surface area contributed by atoms with Gasteiger partial charge in [-0.3, -0.25) is 0 Å². The maximum absolute atomic E-state index is 10.5. The molecule has 2 nitrogen and oxygen atoms in total. The summed E-state index contributed by atoms with van der Waals surface area (Å²) in [5.74, 6) is 0.651. The minimum Gasteiger partial charge on any atom is -0.387 e. The molecule has 18 heavy (non-hydrogen) atoms. The van der Waals surface area contributed by atoms with E-state index in [1.54, 1.807) is 12.1 Å². The lowest BCUT2D eigenvalue weighted by molar-refractivity contribution is 0.0266. The summed E-state index contributed by atoms with van der Waals surface area (Å²) in [6, 6.07) is 9.55. The van der Waals surface area contributed by atoms with Gasteiger partial charge < -0.3 is 5.11 Å². The lowest BCUT2D eigenvalue weighted by Gasteiger charge is -2.37. The van der Waals surface area contributed by atoms with E-state index in [4.69, 9.17) is 11.6 Å². The van der Waals surface area contributed by atoms with Gasteiger partial charge in [0.2, 0.25) is 0 Å². The van der Waals surface area contributed by atoms with E-state index in [2.05, 4.69) is 13.0 Å². The van der Waals surface area contributed by atoms with Gasteiger partial charge in [0.1, 0.15) is 0 Å². The van der Waals surface area contributed by atoms with Crippen LogP contribution < -0.4 is 0 Å². The number of hydrogen-bond acceptors (Lipinski definition) is 2. The van der Waals surface area contributed by atoms with Crippen LogP contribution in [0.5, 0.6) is 0 Å². The molecule has 0 heterocycles. The highest BCUT2D eigenvalue weighted by Crippen LogP contribution is 2.47. The van der Waals surface area contributed by atoms with Crippen molar-refractivity contribution in [3.05, 3.63) is 34.9 Å². The SMILES string of the molecule is CC1CCC(C#N)(C(O)c2cccc(Cl)c2)CC1. The van der Waals surface area contributed by atoms with E-state index >= 15 is 0 Å². The summed E-state index contributed by atoms with van der Waals surface area (Å²) in [5.41, 5.74) is 0.107. The molecular weight excluding hydrogens is 246 g/mol. The Bertz CT molecular complexity index is 458. The van der Waals surface area contributed by atoms with Crippen molar-refractivity contribution in [3.8, 4) is 6.07 Å². The average molecular weight is 264 g/mol. The molecule has 1 aromatic carbocycles. The Morgan fingerprint density at radius 2 is 2.11 bits per heavy atom. The van der Waals surface area contributed by atoms with Crippen molar-refractivity contribution < 1.29 is 5.11 Å². The highest BCUT2D eigenvalue weighted by Gasteiger charge is 2.41. The molecule has 0 amide bonds. The smallest absolute Gasteiger partial charge is 0.0976 e. The van der Waals surface area contributed by atoms with Crippen LogP contribution in [0.25, 0.3) is 0 Å². The number of aliphatic hydroxyl groups excluding tert-OH is 1. The highest BCUT2D eigenvalue weighted by atomic mass is 35.5. The van der Waals surface area contributed by atoms with Crippen molar-refractivity contribution >= 4 is 11.6 Å². The predicted molar refractivity (Wildman–Crippen MR) is 72.1 cm³/mol. The van der Waals surface area contributed by atoms with Crippen LogP contribution in [0.3, 0.4) is 0 Å². The van der Waals surface area contributed by atoms with Crippen molar-refractivity contribution in [2.45, 2.75) is 38.7 Å². The molecule has 1 N–H and O–H groups in total. The Balaban J connectivity index is 2.26. The van der Waals surface area contributed by atoms with Gasteiger partial charge in [-0.15, -0.1) is 0 Å². The van der Waals surface area contributed by atoms with Crippen LogP contribution in [0.15, 0.2) is 24.3 Å². The number of aliphatic hydroxyl groups is 1. The van der Waals surface area contributed by atoms with E-state index in [1.165, 1.54) is 0 Å². The second-order valence-electron chi connectivity index (χ2n) is 5.41. The van der Waals surface area contributed by atoms with E-state index < -0.39 is 11.5 Å². The summed E-state index contributed by atoms with van der Waals surface area (Å²) in [6.45, 7) is 2.20. The lowest BCUT2D eigenvalue weighted by atomic mass is 9.67. The Hall–Kier alpha value is -1.04. The zero-order valence-electron chi connectivity index (χ0n) is 10.6. The number of nitriles is 1. The first kappa shape index (κ1) is 13.4. The van der Waals surface area contributed by atoms with E-state index in [0.29, 0.717) is 10.9 Å². The standard InChI is InChI=1S/C15H18ClNO/c1-11-5-7-15(10-17,8-6-11)14(18)12-3-2-4-13(16)9-12/h2-4,9,11,14,18H,5-8H2,1H3.